The SMILES string of the molecule is Cc1cc(Cc2ccccc2)c(CNC(=O)OC(C)(C)C)[n+]([O-])c1. The first-order valence-electron chi connectivity index (χ1n) is 7.97. The lowest BCUT2D eigenvalue weighted by Crippen LogP contribution is -2.39. The summed E-state index contributed by atoms with van der Waals surface area (Å²) in [6.07, 6.45) is 1.62. The molecule has 0 aliphatic heterocycles. The zero-order valence-electron chi connectivity index (χ0n) is 14.6. The Hall–Kier alpha value is -2.56. The number of pyridine rings is 1. The van der Waals surface area contributed by atoms with Crippen molar-refractivity contribution in [1.82, 2.24) is 5.32 Å². The lowest BCUT2D eigenvalue weighted by Gasteiger charge is -2.20. The normalized spacial score (nSPS) is 11.2. The van der Waals surface area contributed by atoms with Gasteiger partial charge < -0.3 is 15.3 Å². The Bertz CT molecular complexity index is 707. The first kappa shape index (κ1) is 17.8. The van der Waals surface area contributed by atoms with Crippen LogP contribution in [-0.2, 0) is 17.7 Å². The fourth-order valence-corrected chi connectivity index (χ4v) is 2.43. The second kappa shape index (κ2) is 7.34. The third-order valence-corrected chi connectivity index (χ3v) is 3.40. The topological polar surface area (TPSA) is 65.3 Å². The number of rotatable bonds is 4. The molecule has 0 unspecified atom stereocenters. The van der Waals surface area contributed by atoms with E-state index in [2.05, 4.69) is 5.32 Å². The molecule has 0 bridgehead atoms. The van der Waals surface area contributed by atoms with E-state index in [9.17, 15) is 10.0 Å². The van der Waals surface area contributed by atoms with Gasteiger partial charge >= 0.3 is 6.09 Å². The first-order chi connectivity index (χ1) is 11.2. The lowest BCUT2D eigenvalue weighted by atomic mass is 10.0. The summed E-state index contributed by atoms with van der Waals surface area (Å²) in [6.45, 7) is 7.40. The van der Waals surface area contributed by atoms with Crippen LogP contribution >= 0.6 is 0 Å². The van der Waals surface area contributed by atoms with Crippen LogP contribution in [0.1, 0.15) is 43.2 Å². The van der Waals surface area contributed by atoms with Gasteiger partial charge in [-0.25, -0.2) is 4.79 Å². The molecule has 5 heteroatoms. The predicted molar refractivity (Wildman–Crippen MR) is 92.5 cm³/mol. The monoisotopic (exact) mass is 328 g/mol. The maximum absolute atomic E-state index is 12.3. The summed E-state index contributed by atoms with van der Waals surface area (Å²) in [6, 6.07) is 11.9. The molecule has 2 aromatic rings. The number of hydrogen-bond donors (Lipinski definition) is 1. The zero-order valence-corrected chi connectivity index (χ0v) is 14.6. The van der Waals surface area contributed by atoms with Crippen LogP contribution in [-0.4, -0.2) is 11.7 Å². The van der Waals surface area contributed by atoms with Crippen LogP contribution in [0.5, 0.6) is 0 Å². The van der Waals surface area contributed by atoms with Crippen molar-refractivity contribution in [2.45, 2.75) is 46.3 Å². The molecule has 0 radical (unpaired) electrons. The molecular weight excluding hydrogens is 304 g/mol. The van der Waals surface area contributed by atoms with E-state index in [1.165, 1.54) is 6.20 Å². The highest BCUT2D eigenvalue weighted by atomic mass is 16.6. The number of hydrogen-bond acceptors (Lipinski definition) is 3. The van der Waals surface area contributed by atoms with Crippen molar-refractivity contribution >= 4 is 6.09 Å². The lowest BCUT2D eigenvalue weighted by molar-refractivity contribution is -0.615. The number of nitrogens with one attached hydrogen (secondary N) is 1. The van der Waals surface area contributed by atoms with Gasteiger partial charge in [-0.3, -0.25) is 0 Å². The highest BCUT2D eigenvalue weighted by Gasteiger charge is 2.19. The van der Waals surface area contributed by atoms with Crippen LogP contribution in [0, 0.1) is 12.1 Å². The number of aryl methyl sites for hydroxylation is 1. The number of benzene rings is 1. The molecule has 1 aromatic carbocycles. The molecular formula is C19H24N2O3. The first-order valence-corrected chi connectivity index (χ1v) is 7.97. The molecule has 128 valence electrons. The van der Waals surface area contributed by atoms with Crippen molar-refractivity contribution < 1.29 is 14.3 Å². The third kappa shape index (κ3) is 5.26. The predicted octanol–water partition coefficient (Wildman–Crippen LogP) is 3.24. The van der Waals surface area contributed by atoms with E-state index in [1.807, 2.05) is 43.3 Å². The van der Waals surface area contributed by atoms with E-state index in [0.29, 0.717) is 12.1 Å². The van der Waals surface area contributed by atoms with Gasteiger partial charge in [0, 0.05) is 17.5 Å². The molecule has 1 amide bonds. The van der Waals surface area contributed by atoms with Crippen molar-refractivity contribution in [2.24, 2.45) is 0 Å². The van der Waals surface area contributed by atoms with Crippen molar-refractivity contribution in [3.05, 3.63) is 70.2 Å². The molecule has 5 nitrogen and oxygen atoms in total. The van der Waals surface area contributed by atoms with Gasteiger partial charge in [-0.1, -0.05) is 30.3 Å². The van der Waals surface area contributed by atoms with Gasteiger partial charge in [0.15, 0.2) is 6.20 Å². The van der Waals surface area contributed by atoms with E-state index >= 15 is 0 Å². The molecule has 0 aliphatic rings. The molecule has 0 fully saturated rings. The van der Waals surface area contributed by atoms with E-state index in [0.717, 1.165) is 21.4 Å². The second-order valence-electron chi connectivity index (χ2n) is 6.83. The van der Waals surface area contributed by atoms with Gasteiger partial charge in [0.05, 0.1) is 0 Å². The minimum atomic E-state index is -0.572. The third-order valence-electron chi connectivity index (χ3n) is 3.40. The summed E-state index contributed by atoms with van der Waals surface area (Å²) in [5.74, 6) is 0. The molecule has 2 rings (SSSR count). The largest absolute Gasteiger partial charge is 0.618 e. The average molecular weight is 328 g/mol. The Morgan fingerprint density at radius 2 is 1.92 bits per heavy atom. The second-order valence-corrected chi connectivity index (χ2v) is 6.83. The quantitative estimate of drug-likeness (QED) is 0.692. The summed E-state index contributed by atoms with van der Waals surface area (Å²) in [7, 11) is 0. The summed E-state index contributed by atoms with van der Waals surface area (Å²) in [4.78, 5) is 11.8. The van der Waals surface area contributed by atoms with Gasteiger partial charge in [0.25, 0.3) is 0 Å². The molecule has 1 heterocycles. The maximum Gasteiger partial charge on any atom is 0.408 e. The number of ether oxygens (including phenoxy) is 1. The number of carbonyl (C=O) groups excluding carboxylic acids is 1. The highest BCUT2D eigenvalue weighted by Crippen LogP contribution is 2.14. The number of carbonyl (C=O) groups is 1. The Kier molecular flexibility index (Phi) is 5.44. The zero-order chi connectivity index (χ0) is 17.7. The Morgan fingerprint density at radius 3 is 2.54 bits per heavy atom. The van der Waals surface area contributed by atoms with Gasteiger partial charge in [-0.05, 0) is 39.3 Å². The molecule has 1 aromatic heterocycles. The van der Waals surface area contributed by atoms with Crippen molar-refractivity contribution in [2.75, 3.05) is 0 Å². The van der Waals surface area contributed by atoms with Crippen LogP contribution in [0.25, 0.3) is 0 Å². The molecule has 0 aliphatic carbocycles. The smallest absolute Gasteiger partial charge is 0.408 e. The van der Waals surface area contributed by atoms with Crippen LogP contribution in [0.15, 0.2) is 42.6 Å². The minimum absolute atomic E-state index is 0.126. The van der Waals surface area contributed by atoms with Gasteiger partial charge in [0.2, 0.25) is 5.69 Å². The molecule has 24 heavy (non-hydrogen) atoms. The average Bonchev–Trinajstić information content (AvgIpc) is 2.45. The summed E-state index contributed by atoms with van der Waals surface area (Å²) < 4.78 is 6.04. The van der Waals surface area contributed by atoms with E-state index in [1.54, 1.807) is 20.8 Å². The van der Waals surface area contributed by atoms with Crippen molar-refractivity contribution in [3.8, 4) is 0 Å². The maximum atomic E-state index is 12.3. The van der Waals surface area contributed by atoms with Gasteiger partial charge in [-0.2, -0.15) is 4.73 Å². The van der Waals surface area contributed by atoms with Gasteiger partial charge in [-0.15, -0.1) is 0 Å². The van der Waals surface area contributed by atoms with E-state index in [4.69, 9.17) is 4.74 Å². The standard InChI is InChI=1S/C19H24N2O3/c1-14-10-16(11-15-8-6-5-7-9-15)17(21(23)13-14)12-20-18(22)24-19(2,3)4/h5-10,13H,11-12H2,1-4H3,(H,20,22). The molecule has 1 N–H and O–H groups in total. The number of amides is 1. The molecule has 0 atom stereocenters. The Labute approximate surface area is 142 Å². The van der Waals surface area contributed by atoms with Gasteiger partial charge in [0.1, 0.15) is 12.1 Å². The van der Waals surface area contributed by atoms with Crippen molar-refractivity contribution in [3.63, 3.8) is 0 Å². The number of nitrogens with zero attached hydrogens (tertiary/aromatic N) is 1. The van der Waals surface area contributed by atoms with E-state index < -0.39 is 11.7 Å². The number of aromatic nitrogens is 1. The molecule has 0 spiro atoms. The van der Waals surface area contributed by atoms with E-state index in [-0.39, 0.29) is 6.54 Å². The summed E-state index contributed by atoms with van der Waals surface area (Å²) in [5, 5.41) is 14.9. The molecule has 0 saturated carbocycles. The van der Waals surface area contributed by atoms with Crippen LogP contribution in [0.4, 0.5) is 4.79 Å². The minimum Gasteiger partial charge on any atom is -0.618 e. The molecule has 0 saturated heterocycles. The fraction of sp³-hybridized carbons (Fsp3) is 0.368. The van der Waals surface area contributed by atoms with Crippen LogP contribution < -0.4 is 10.0 Å². The van der Waals surface area contributed by atoms with Crippen LogP contribution in [0.3, 0.4) is 0 Å². The fourth-order valence-electron chi connectivity index (χ4n) is 2.43. The highest BCUT2D eigenvalue weighted by molar-refractivity contribution is 5.67. The van der Waals surface area contributed by atoms with Crippen molar-refractivity contribution in [1.29, 1.82) is 0 Å². The number of alkyl carbamates (subject to hydrolysis) is 1. The summed E-state index contributed by atoms with van der Waals surface area (Å²) >= 11 is 0. The Balaban J connectivity index is 2.18. The Morgan fingerprint density at radius 1 is 1.25 bits per heavy atom. The van der Waals surface area contributed by atoms with Crippen LogP contribution in [0.2, 0.25) is 0 Å². The summed E-state index contributed by atoms with van der Waals surface area (Å²) in [5.41, 5.74) is 2.85.